The number of hydrogen-bond acceptors (Lipinski definition) is 2. The quantitative estimate of drug-likeness (QED) is 0.830. The number of nitrogens with zero attached hydrogens (tertiary/aromatic N) is 1. The Hall–Kier alpha value is -0.780. The molecule has 0 aromatic heterocycles. The summed E-state index contributed by atoms with van der Waals surface area (Å²) in [6.07, 6.45) is 1.15. The molecule has 1 heterocycles. The number of carbonyl (C=O) groups excluding carboxylic acids is 1. The Bertz CT molecular complexity index is 456. The van der Waals surface area contributed by atoms with Crippen LogP contribution in [0.4, 0.5) is 10.5 Å². The van der Waals surface area contributed by atoms with Crippen LogP contribution in [0.2, 0.25) is 5.02 Å². The first-order chi connectivity index (χ1) is 8.56. The second-order valence-electron chi connectivity index (χ2n) is 4.30. The zero-order valence-electron chi connectivity index (χ0n) is 9.70. The normalized spacial score (nSPS) is 19.7. The number of nitrogens with one attached hydrogen (secondary N) is 1. The number of rotatable bonds is 1. The van der Waals surface area contributed by atoms with Gasteiger partial charge in [-0.25, -0.2) is 4.79 Å². The maximum absolute atomic E-state index is 12.0. The zero-order valence-corrected chi connectivity index (χ0v) is 12.0. The van der Waals surface area contributed by atoms with Crippen molar-refractivity contribution in [2.45, 2.75) is 18.9 Å². The molecule has 1 unspecified atom stereocenters. The van der Waals surface area contributed by atoms with Crippen molar-refractivity contribution in [3.63, 3.8) is 0 Å². The van der Waals surface area contributed by atoms with E-state index in [9.17, 15) is 9.90 Å². The van der Waals surface area contributed by atoms with Crippen LogP contribution in [0.1, 0.15) is 12.8 Å². The van der Waals surface area contributed by atoms with Crippen molar-refractivity contribution < 1.29 is 9.90 Å². The second-order valence-corrected chi connectivity index (χ2v) is 5.62. The first-order valence-corrected chi connectivity index (χ1v) is 6.92. The fraction of sp³-hybridized carbons (Fsp3) is 0.417. The van der Waals surface area contributed by atoms with Gasteiger partial charge in [0, 0.05) is 17.6 Å². The lowest BCUT2D eigenvalue weighted by Crippen LogP contribution is -2.44. The molecule has 2 N–H and O–H groups in total. The minimum absolute atomic E-state index is 0.224. The van der Waals surface area contributed by atoms with Crippen LogP contribution < -0.4 is 5.32 Å². The van der Waals surface area contributed by atoms with Crippen molar-refractivity contribution in [2.75, 3.05) is 18.4 Å². The number of urea groups is 1. The Morgan fingerprint density at radius 1 is 1.56 bits per heavy atom. The molecule has 2 rings (SSSR count). The van der Waals surface area contributed by atoms with E-state index in [0.717, 1.165) is 17.3 Å². The highest BCUT2D eigenvalue weighted by Crippen LogP contribution is 2.26. The number of halogens is 2. The highest BCUT2D eigenvalue weighted by atomic mass is 79.9. The van der Waals surface area contributed by atoms with Gasteiger partial charge < -0.3 is 15.3 Å². The van der Waals surface area contributed by atoms with Crippen molar-refractivity contribution in [1.82, 2.24) is 4.90 Å². The van der Waals surface area contributed by atoms with E-state index in [1.165, 1.54) is 0 Å². The standard InChI is InChI=1S/C12H14BrClN2O2/c13-8-3-4-11(10(14)6-8)15-12(18)16-5-1-2-9(17)7-16/h3-4,6,9,17H,1-2,5,7H2,(H,15,18). The molecule has 1 fully saturated rings. The number of piperidine rings is 1. The summed E-state index contributed by atoms with van der Waals surface area (Å²) < 4.78 is 0.860. The van der Waals surface area contributed by atoms with Crippen molar-refractivity contribution >= 4 is 39.2 Å². The molecule has 0 spiro atoms. The molecular weight excluding hydrogens is 320 g/mol. The van der Waals surface area contributed by atoms with Crippen LogP contribution in [0.3, 0.4) is 0 Å². The van der Waals surface area contributed by atoms with E-state index < -0.39 is 6.10 Å². The molecule has 6 heteroatoms. The van der Waals surface area contributed by atoms with E-state index in [1.807, 2.05) is 6.07 Å². The number of amides is 2. The lowest BCUT2D eigenvalue weighted by Gasteiger charge is -2.30. The first kappa shape index (κ1) is 13.6. The molecule has 1 atom stereocenters. The van der Waals surface area contributed by atoms with Crippen LogP contribution in [0, 0.1) is 0 Å². The summed E-state index contributed by atoms with van der Waals surface area (Å²) in [7, 11) is 0. The van der Waals surface area contributed by atoms with Gasteiger partial charge in [0.25, 0.3) is 0 Å². The lowest BCUT2D eigenvalue weighted by atomic mass is 10.1. The predicted molar refractivity (Wildman–Crippen MR) is 75.0 cm³/mol. The minimum atomic E-state index is -0.426. The fourth-order valence-corrected chi connectivity index (χ4v) is 2.64. The van der Waals surface area contributed by atoms with Gasteiger partial charge in [0.05, 0.1) is 16.8 Å². The number of likely N-dealkylation sites (tertiary alicyclic amines) is 1. The number of benzene rings is 1. The Morgan fingerprint density at radius 2 is 2.33 bits per heavy atom. The molecular formula is C12H14BrClN2O2. The van der Waals surface area contributed by atoms with Crippen molar-refractivity contribution in [3.8, 4) is 0 Å². The number of β-amino-alcohol motifs (C(OH)–C–C–N with tert-alkyl or cyclic N) is 1. The van der Waals surface area contributed by atoms with E-state index in [0.29, 0.717) is 23.8 Å². The molecule has 1 aliphatic heterocycles. The monoisotopic (exact) mass is 332 g/mol. The number of aliphatic hydroxyl groups is 1. The largest absolute Gasteiger partial charge is 0.391 e. The van der Waals surface area contributed by atoms with Gasteiger partial charge in [-0.15, -0.1) is 0 Å². The van der Waals surface area contributed by atoms with Crippen LogP contribution in [0.15, 0.2) is 22.7 Å². The van der Waals surface area contributed by atoms with Crippen LogP contribution in [0.5, 0.6) is 0 Å². The zero-order chi connectivity index (χ0) is 13.1. The van der Waals surface area contributed by atoms with E-state index >= 15 is 0 Å². The summed E-state index contributed by atoms with van der Waals surface area (Å²) >= 11 is 9.33. The summed E-state index contributed by atoms with van der Waals surface area (Å²) in [5, 5.41) is 12.8. The highest BCUT2D eigenvalue weighted by molar-refractivity contribution is 9.10. The summed E-state index contributed by atoms with van der Waals surface area (Å²) in [5.74, 6) is 0. The van der Waals surface area contributed by atoms with Crippen LogP contribution in [0.25, 0.3) is 0 Å². The molecule has 4 nitrogen and oxygen atoms in total. The molecule has 0 saturated carbocycles. The topological polar surface area (TPSA) is 52.6 Å². The van der Waals surface area contributed by atoms with Crippen LogP contribution >= 0.6 is 27.5 Å². The average Bonchev–Trinajstić information content (AvgIpc) is 2.32. The average molecular weight is 334 g/mol. The minimum Gasteiger partial charge on any atom is -0.391 e. The van der Waals surface area contributed by atoms with E-state index in [4.69, 9.17) is 11.6 Å². The Balaban J connectivity index is 2.02. The molecule has 1 saturated heterocycles. The SMILES string of the molecule is O=C(Nc1ccc(Br)cc1Cl)N1CCCC(O)C1. The molecule has 0 radical (unpaired) electrons. The van der Waals surface area contributed by atoms with E-state index in [-0.39, 0.29) is 6.03 Å². The summed E-state index contributed by atoms with van der Waals surface area (Å²) in [4.78, 5) is 13.6. The third-order valence-electron chi connectivity index (χ3n) is 2.86. The molecule has 0 aliphatic carbocycles. The van der Waals surface area contributed by atoms with Gasteiger partial charge in [-0.05, 0) is 31.0 Å². The summed E-state index contributed by atoms with van der Waals surface area (Å²) in [6, 6.07) is 5.05. The number of carbonyl (C=O) groups is 1. The summed E-state index contributed by atoms with van der Waals surface area (Å²) in [6.45, 7) is 1.04. The van der Waals surface area contributed by atoms with Gasteiger partial charge in [-0.3, -0.25) is 0 Å². The third-order valence-corrected chi connectivity index (χ3v) is 3.66. The number of hydrogen-bond donors (Lipinski definition) is 2. The smallest absolute Gasteiger partial charge is 0.321 e. The first-order valence-electron chi connectivity index (χ1n) is 5.75. The summed E-state index contributed by atoms with van der Waals surface area (Å²) in [5.41, 5.74) is 0.574. The van der Waals surface area contributed by atoms with Gasteiger partial charge in [0.2, 0.25) is 0 Å². The third kappa shape index (κ3) is 3.37. The van der Waals surface area contributed by atoms with Gasteiger partial charge in [-0.2, -0.15) is 0 Å². The van der Waals surface area contributed by atoms with Gasteiger partial charge in [0.15, 0.2) is 0 Å². The van der Waals surface area contributed by atoms with Crippen molar-refractivity contribution in [1.29, 1.82) is 0 Å². The molecule has 1 aromatic carbocycles. The number of anilines is 1. The molecule has 2 amide bonds. The second kappa shape index (κ2) is 5.91. The highest BCUT2D eigenvalue weighted by Gasteiger charge is 2.22. The Morgan fingerprint density at radius 3 is 3.00 bits per heavy atom. The van der Waals surface area contributed by atoms with Crippen molar-refractivity contribution in [2.24, 2.45) is 0 Å². The van der Waals surface area contributed by atoms with Gasteiger partial charge in [0.1, 0.15) is 0 Å². The predicted octanol–water partition coefficient (Wildman–Crippen LogP) is 3.09. The Labute approximate surface area is 119 Å². The van der Waals surface area contributed by atoms with E-state index in [1.54, 1.807) is 17.0 Å². The number of aliphatic hydroxyl groups excluding tert-OH is 1. The van der Waals surface area contributed by atoms with Crippen molar-refractivity contribution in [3.05, 3.63) is 27.7 Å². The molecule has 98 valence electrons. The maximum atomic E-state index is 12.0. The van der Waals surface area contributed by atoms with E-state index in [2.05, 4.69) is 21.2 Å². The molecule has 1 aliphatic rings. The van der Waals surface area contributed by atoms with Gasteiger partial charge in [-0.1, -0.05) is 27.5 Å². The maximum Gasteiger partial charge on any atom is 0.321 e. The fourth-order valence-electron chi connectivity index (χ4n) is 1.92. The lowest BCUT2D eigenvalue weighted by molar-refractivity contribution is 0.0883. The molecule has 1 aromatic rings. The molecule has 18 heavy (non-hydrogen) atoms. The Kier molecular flexibility index (Phi) is 4.48. The van der Waals surface area contributed by atoms with Crippen LogP contribution in [-0.2, 0) is 0 Å². The van der Waals surface area contributed by atoms with Crippen LogP contribution in [-0.4, -0.2) is 35.2 Å². The van der Waals surface area contributed by atoms with Gasteiger partial charge >= 0.3 is 6.03 Å². The molecule has 0 bridgehead atoms.